The van der Waals surface area contributed by atoms with Crippen LogP contribution in [0.1, 0.15) is 86.0 Å². The van der Waals surface area contributed by atoms with Crippen LogP contribution >= 0.6 is 0 Å². The van der Waals surface area contributed by atoms with E-state index in [1.54, 1.807) is 0 Å². The molecule has 23 nitrogen and oxygen atoms in total. The average Bonchev–Trinajstić information content (AvgIpc) is 3.98. The van der Waals surface area contributed by atoms with Gasteiger partial charge in [-0.2, -0.15) is 0 Å². The first-order valence-corrected chi connectivity index (χ1v) is 26.9. The van der Waals surface area contributed by atoms with Gasteiger partial charge in [-0.1, -0.05) is 39.3 Å². The third kappa shape index (κ3) is 9.38. The van der Waals surface area contributed by atoms with Crippen molar-refractivity contribution in [2.75, 3.05) is 33.0 Å². The second-order valence-corrected chi connectivity index (χ2v) is 24.4. The number of aliphatic hydroxyl groups excluding tert-OH is 13. The van der Waals surface area contributed by atoms with Crippen molar-refractivity contribution >= 4 is 0 Å². The molecule has 31 atom stereocenters. The maximum absolute atomic E-state index is 12.1. The zero-order valence-corrected chi connectivity index (χ0v) is 42.8. The van der Waals surface area contributed by atoms with Gasteiger partial charge in [-0.15, -0.1) is 0 Å². The summed E-state index contributed by atoms with van der Waals surface area (Å²) in [5.41, 5.74) is 0.616. The summed E-state index contributed by atoms with van der Waals surface area (Å²) in [6.45, 7) is 9.04. The summed E-state index contributed by atoms with van der Waals surface area (Å²) >= 11 is 0. The Morgan fingerprint density at radius 2 is 1.20 bits per heavy atom. The van der Waals surface area contributed by atoms with Crippen LogP contribution in [-0.2, 0) is 47.4 Å². The Bertz CT molecular complexity index is 1980. The number of fused-ring (bicyclic) bond motifs is 7. The number of allylic oxidation sites excluding steroid dienone is 1. The van der Waals surface area contributed by atoms with Crippen molar-refractivity contribution in [2.45, 2.75) is 227 Å². The van der Waals surface area contributed by atoms with Crippen LogP contribution in [0.15, 0.2) is 11.6 Å². The van der Waals surface area contributed by atoms with Gasteiger partial charge in [0.2, 0.25) is 0 Å². The van der Waals surface area contributed by atoms with E-state index in [1.165, 1.54) is 12.5 Å². The topological polar surface area (TPSA) is 355 Å². The van der Waals surface area contributed by atoms with E-state index in [0.29, 0.717) is 43.6 Å². The van der Waals surface area contributed by atoms with E-state index < -0.39 is 160 Å². The highest BCUT2D eigenvalue weighted by molar-refractivity contribution is 5.27. The first-order chi connectivity index (χ1) is 35.0. The molecule has 0 bridgehead atoms. The van der Waals surface area contributed by atoms with Crippen LogP contribution in [0.3, 0.4) is 0 Å². The molecule has 0 aromatic heterocycles. The van der Waals surface area contributed by atoms with E-state index in [1.807, 2.05) is 6.92 Å². The lowest BCUT2D eigenvalue weighted by Gasteiger charge is -2.58. The molecule has 9 fully saturated rings. The summed E-state index contributed by atoms with van der Waals surface area (Å²) in [4.78, 5) is 0. The highest BCUT2D eigenvalue weighted by Crippen LogP contribution is 2.71. The zero-order valence-electron chi connectivity index (χ0n) is 42.8. The molecule has 5 unspecified atom stereocenters. The van der Waals surface area contributed by atoms with Crippen molar-refractivity contribution in [3.05, 3.63) is 11.6 Å². The van der Waals surface area contributed by atoms with Crippen molar-refractivity contribution in [3.8, 4) is 0 Å². The number of aliphatic hydroxyl groups is 13. The van der Waals surface area contributed by atoms with E-state index in [-0.39, 0.29) is 35.4 Å². The van der Waals surface area contributed by atoms with E-state index in [4.69, 9.17) is 47.4 Å². The summed E-state index contributed by atoms with van der Waals surface area (Å²) in [5, 5.41) is 137. The number of rotatable bonds is 12. The van der Waals surface area contributed by atoms with Crippen LogP contribution in [0.5, 0.6) is 0 Å². The summed E-state index contributed by atoms with van der Waals surface area (Å²) in [6.07, 6.45) is -22.1. The van der Waals surface area contributed by atoms with Crippen molar-refractivity contribution in [2.24, 2.45) is 45.8 Å². The third-order valence-corrected chi connectivity index (χ3v) is 19.9. The molecule has 3 saturated carbocycles. The van der Waals surface area contributed by atoms with Gasteiger partial charge in [0, 0.05) is 17.8 Å². The molecule has 0 aromatic carbocycles. The fraction of sp³-hybridized carbons (Fsp3) is 0.961. The maximum atomic E-state index is 12.1. The minimum atomic E-state index is -1.85. The molecule has 1 spiro atoms. The maximum Gasteiger partial charge on any atom is 0.187 e. The lowest BCUT2D eigenvalue weighted by Crippen LogP contribution is -2.67. The first-order valence-electron chi connectivity index (χ1n) is 26.9. The van der Waals surface area contributed by atoms with Crippen LogP contribution < -0.4 is 0 Å². The van der Waals surface area contributed by atoms with Crippen LogP contribution in [0.4, 0.5) is 0 Å². The SMILES string of the molecule is C[C@@H]1O[C@@H](O[C@H]2[C@H](O[C@H]3CC[C@@]4(C)C(=CCC5C6CC7O[C@]8(C[C@@](C)(CO[C@H]9O[C@@H](CO)[C@H](O)[C@@H](O)[C@@H]9O)CO8)[C@@H](C)C7[C@@]6(C)CCC54)C3)O[C@H](CO)[C@@H](O[C@H]3O[C@@H](CO)[C@H](O)[C@@H](O)[C@@H]3O)[C@@H]2O)[C@H](O)[C@H](O)[C@H]1O. The fourth-order valence-electron chi connectivity index (χ4n) is 15.6. The molecule has 6 saturated heterocycles. The van der Waals surface area contributed by atoms with Crippen molar-refractivity contribution in [1.82, 2.24) is 0 Å². The molecule has 6 aliphatic heterocycles. The van der Waals surface area contributed by atoms with Gasteiger partial charge >= 0.3 is 0 Å². The van der Waals surface area contributed by atoms with Gasteiger partial charge in [0.05, 0.1) is 51.3 Å². The molecule has 424 valence electrons. The Labute approximate surface area is 430 Å². The van der Waals surface area contributed by atoms with Gasteiger partial charge in [-0.3, -0.25) is 0 Å². The molecule has 0 radical (unpaired) electrons. The molecule has 0 amide bonds. The first kappa shape index (κ1) is 56.1. The van der Waals surface area contributed by atoms with E-state index in [0.717, 1.165) is 32.1 Å². The molecular weight excluding hydrogens is 981 g/mol. The predicted molar refractivity (Wildman–Crippen MR) is 248 cm³/mol. The van der Waals surface area contributed by atoms with Crippen molar-refractivity contribution in [3.63, 3.8) is 0 Å². The smallest absolute Gasteiger partial charge is 0.187 e. The molecule has 74 heavy (non-hydrogen) atoms. The Morgan fingerprint density at radius 1 is 0.608 bits per heavy atom. The number of hydrogen-bond donors (Lipinski definition) is 13. The van der Waals surface area contributed by atoms with Gasteiger partial charge in [0.15, 0.2) is 30.9 Å². The van der Waals surface area contributed by atoms with Crippen LogP contribution in [-0.4, -0.2) is 240 Å². The molecule has 13 N–H and O–H groups in total. The van der Waals surface area contributed by atoms with Crippen LogP contribution in [0.25, 0.3) is 0 Å². The van der Waals surface area contributed by atoms with E-state index in [2.05, 4.69) is 26.8 Å². The Hall–Kier alpha value is -1.18. The molecule has 6 heterocycles. The van der Waals surface area contributed by atoms with Gasteiger partial charge < -0.3 is 114 Å². The highest BCUT2D eigenvalue weighted by Gasteiger charge is 2.70. The number of ether oxygens (including phenoxy) is 10. The van der Waals surface area contributed by atoms with Crippen LogP contribution in [0, 0.1) is 45.8 Å². The molecule has 0 aromatic rings. The Morgan fingerprint density at radius 3 is 1.86 bits per heavy atom. The minimum absolute atomic E-state index is 0.00240. The lowest BCUT2D eigenvalue weighted by molar-refractivity contribution is -0.389. The van der Waals surface area contributed by atoms with Gasteiger partial charge in [-0.05, 0) is 86.4 Å². The van der Waals surface area contributed by atoms with Gasteiger partial charge in [0.1, 0.15) is 91.6 Å². The minimum Gasteiger partial charge on any atom is -0.394 e. The summed E-state index contributed by atoms with van der Waals surface area (Å²) in [7, 11) is 0. The number of hydrogen-bond acceptors (Lipinski definition) is 23. The monoisotopic (exact) mass is 1060 g/mol. The molecule has 10 aliphatic rings. The van der Waals surface area contributed by atoms with Crippen LogP contribution in [0.2, 0.25) is 0 Å². The zero-order chi connectivity index (χ0) is 53.1. The van der Waals surface area contributed by atoms with E-state index in [9.17, 15) is 66.4 Å². The predicted octanol–water partition coefficient (Wildman–Crippen LogP) is -2.99. The average molecular weight is 1060 g/mol. The normalized spacial score (nSPS) is 57.4. The molecule has 10 rings (SSSR count). The lowest BCUT2D eigenvalue weighted by atomic mass is 9.47. The second kappa shape index (κ2) is 21.0. The molecule has 4 aliphatic carbocycles. The van der Waals surface area contributed by atoms with E-state index >= 15 is 0 Å². The Balaban J connectivity index is 0.811. The summed E-state index contributed by atoms with van der Waals surface area (Å²) in [6, 6.07) is 0. The standard InChI is InChI=1S/C51H82O23/c1-20-31-27(74-51(20)17-48(3,19-66-51)18-65-44-38(61)36(59)33(56)28(14-52)69-44)13-26-24-7-6-22-12-23(8-10-49(22,4)25(24)9-11-50(26,31)5)68-47-43(73-45-39(62)35(58)32(55)21(2)67-45)41(64)42(30(16-54)71-47)72-46-40(63)37(60)34(57)29(15-53)70-46/h6,20-21,23-47,52-64H,7-19H2,1-5H3/t20-,21-,23-,24?,25?,26?,27?,28-,29-,30+,31?,32-,33-,34-,35+,36+,37+,38-,39+,40-,41-,42+,43+,44-,45-,46+,47+,48-,49-,50-,51+/m0/s1. The van der Waals surface area contributed by atoms with Gasteiger partial charge in [-0.25, -0.2) is 0 Å². The van der Waals surface area contributed by atoms with Gasteiger partial charge in [0.25, 0.3) is 0 Å². The van der Waals surface area contributed by atoms with Crippen molar-refractivity contribution in [1.29, 1.82) is 0 Å². The summed E-state index contributed by atoms with van der Waals surface area (Å²) in [5.74, 6) is 0.731. The largest absolute Gasteiger partial charge is 0.394 e. The highest BCUT2D eigenvalue weighted by atomic mass is 16.8. The summed E-state index contributed by atoms with van der Waals surface area (Å²) < 4.78 is 61.8. The Kier molecular flexibility index (Phi) is 16.0. The fourth-order valence-corrected chi connectivity index (χ4v) is 15.6. The van der Waals surface area contributed by atoms with Crippen molar-refractivity contribution < 1.29 is 114 Å². The second-order valence-electron chi connectivity index (χ2n) is 24.4. The molecule has 23 heteroatoms. The third-order valence-electron chi connectivity index (χ3n) is 19.9. The molecular formula is C51H82O23. The quantitative estimate of drug-likeness (QED) is 0.0867.